The Kier molecular flexibility index (Phi) is 4.57. The minimum Gasteiger partial charge on any atom is -0.341 e. The molecule has 17 heavy (non-hydrogen) atoms. The van der Waals surface area contributed by atoms with Crippen molar-refractivity contribution in [3.8, 4) is 0 Å². The first kappa shape index (κ1) is 13.6. The lowest BCUT2D eigenvalue weighted by atomic mass is 10.1. The van der Waals surface area contributed by atoms with E-state index in [0.29, 0.717) is 6.54 Å². The molecule has 1 atom stereocenters. The fraction of sp³-hybridized carbons (Fsp3) is 0.417. The molecule has 3 nitrogen and oxygen atoms in total. The van der Waals surface area contributed by atoms with E-state index in [4.69, 9.17) is 5.73 Å². The molecule has 0 saturated carbocycles. The van der Waals surface area contributed by atoms with E-state index in [9.17, 15) is 13.6 Å². The van der Waals surface area contributed by atoms with Crippen LogP contribution in [0.5, 0.6) is 0 Å². The Hall–Kier alpha value is -1.49. The summed E-state index contributed by atoms with van der Waals surface area (Å²) in [5.41, 5.74) is 5.49. The van der Waals surface area contributed by atoms with Crippen molar-refractivity contribution < 1.29 is 13.6 Å². The molecule has 0 fully saturated rings. The molecule has 0 saturated heterocycles. The molecule has 5 heteroatoms. The van der Waals surface area contributed by atoms with Crippen molar-refractivity contribution >= 4 is 5.91 Å². The summed E-state index contributed by atoms with van der Waals surface area (Å²) in [6.45, 7) is 2.12. The van der Waals surface area contributed by atoms with Crippen LogP contribution in [0.3, 0.4) is 0 Å². The predicted molar refractivity (Wildman–Crippen MR) is 61.3 cm³/mol. The Labute approximate surface area is 99.2 Å². The molecule has 0 bridgehead atoms. The van der Waals surface area contributed by atoms with Crippen LogP contribution in [0, 0.1) is 11.6 Å². The van der Waals surface area contributed by atoms with Gasteiger partial charge in [0, 0.05) is 25.2 Å². The molecule has 0 aliphatic rings. The quantitative estimate of drug-likeness (QED) is 0.865. The minimum atomic E-state index is -0.963. The van der Waals surface area contributed by atoms with Crippen LogP contribution in [-0.2, 0) is 11.2 Å². The number of carbonyl (C=O) groups excluding carboxylic acids is 1. The molecule has 0 heterocycles. The third-order valence-electron chi connectivity index (χ3n) is 2.77. The highest BCUT2D eigenvalue weighted by Gasteiger charge is 2.17. The molecule has 0 aliphatic heterocycles. The second-order valence-corrected chi connectivity index (χ2v) is 3.98. The van der Waals surface area contributed by atoms with E-state index in [1.165, 1.54) is 17.0 Å². The lowest BCUT2D eigenvalue weighted by Crippen LogP contribution is -2.40. The van der Waals surface area contributed by atoms with Gasteiger partial charge in [0.25, 0.3) is 0 Å². The van der Waals surface area contributed by atoms with E-state index in [1.807, 2.05) is 0 Å². The standard InChI is InChI=1S/C12H16F2N2O/c1-8(7-15)16(2)11(17)6-9-4-3-5-10(13)12(9)14/h3-5,8H,6-7,15H2,1-2H3. The summed E-state index contributed by atoms with van der Waals surface area (Å²) >= 11 is 0. The van der Waals surface area contributed by atoms with E-state index < -0.39 is 11.6 Å². The SMILES string of the molecule is CC(CN)N(C)C(=O)Cc1cccc(F)c1F. The number of hydrogen-bond acceptors (Lipinski definition) is 2. The van der Waals surface area contributed by atoms with Gasteiger partial charge in [-0.15, -0.1) is 0 Å². The van der Waals surface area contributed by atoms with Crippen molar-refractivity contribution in [2.45, 2.75) is 19.4 Å². The topological polar surface area (TPSA) is 46.3 Å². The lowest BCUT2D eigenvalue weighted by Gasteiger charge is -2.23. The molecule has 1 unspecified atom stereocenters. The summed E-state index contributed by atoms with van der Waals surface area (Å²) in [7, 11) is 1.59. The maximum atomic E-state index is 13.3. The number of nitrogens with zero attached hydrogens (tertiary/aromatic N) is 1. The summed E-state index contributed by atoms with van der Waals surface area (Å²) in [4.78, 5) is 13.2. The van der Waals surface area contributed by atoms with Gasteiger partial charge in [0.1, 0.15) is 0 Å². The highest BCUT2D eigenvalue weighted by atomic mass is 19.2. The summed E-state index contributed by atoms with van der Waals surface area (Å²) in [6, 6.07) is 3.68. The van der Waals surface area contributed by atoms with Crippen LogP contribution in [0.4, 0.5) is 8.78 Å². The van der Waals surface area contributed by atoms with Crippen LogP contribution in [-0.4, -0.2) is 30.4 Å². The van der Waals surface area contributed by atoms with Gasteiger partial charge in [0.05, 0.1) is 6.42 Å². The van der Waals surface area contributed by atoms with Gasteiger partial charge in [-0.3, -0.25) is 4.79 Å². The molecule has 1 aromatic carbocycles. The van der Waals surface area contributed by atoms with Gasteiger partial charge in [-0.1, -0.05) is 12.1 Å². The highest BCUT2D eigenvalue weighted by Crippen LogP contribution is 2.13. The number of amides is 1. The molecule has 0 aromatic heterocycles. The van der Waals surface area contributed by atoms with Gasteiger partial charge < -0.3 is 10.6 Å². The first-order valence-corrected chi connectivity index (χ1v) is 5.36. The van der Waals surface area contributed by atoms with E-state index in [-0.39, 0.29) is 23.9 Å². The van der Waals surface area contributed by atoms with Gasteiger partial charge in [-0.25, -0.2) is 8.78 Å². The monoisotopic (exact) mass is 242 g/mol. The molecule has 1 amide bonds. The summed E-state index contributed by atoms with van der Waals surface area (Å²) in [6.07, 6.45) is -0.162. The zero-order chi connectivity index (χ0) is 13.0. The Morgan fingerprint density at radius 3 is 2.71 bits per heavy atom. The number of halogens is 2. The van der Waals surface area contributed by atoms with Gasteiger partial charge in [0.2, 0.25) is 5.91 Å². The Balaban J connectivity index is 2.78. The molecule has 2 N–H and O–H groups in total. The zero-order valence-electron chi connectivity index (χ0n) is 9.91. The second-order valence-electron chi connectivity index (χ2n) is 3.98. The Morgan fingerprint density at radius 1 is 1.47 bits per heavy atom. The molecular formula is C12H16F2N2O. The predicted octanol–water partition coefficient (Wildman–Crippen LogP) is 1.31. The minimum absolute atomic E-state index is 0.0612. The summed E-state index contributed by atoms with van der Waals surface area (Å²) in [5, 5.41) is 0. The zero-order valence-corrected chi connectivity index (χ0v) is 9.91. The Morgan fingerprint density at radius 2 is 2.12 bits per heavy atom. The molecular weight excluding hydrogens is 226 g/mol. The number of rotatable bonds is 4. The van der Waals surface area contributed by atoms with Crippen molar-refractivity contribution in [3.63, 3.8) is 0 Å². The second kappa shape index (κ2) is 5.72. The van der Waals surface area contributed by atoms with Gasteiger partial charge in [0.15, 0.2) is 11.6 Å². The van der Waals surface area contributed by atoms with E-state index in [1.54, 1.807) is 14.0 Å². The fourth-order valence-corrected chi connectivity index (χ4v) is 1.38. The van der Waals surface area contributed by atoms with Crippen LogP contribution in [0.15, 0.2) is 18.2 Å². The largest absolute Gasteiger partial charge is 0.341 e. The van der Waals surface area contributed by atoms with Crippen LogP contribution in [0.1, 0.15) is 12.5 Å². The van der Waals surface area contributed by atoms with Gasteiger partial charge in [-0.2, -0.15) is 0 Å². The molecule has 0 aliphatic carbocycles. The van der Waals surface area contributed by atoms with Crippen molar-refractivity contribution in [2.75, 3.05) is 13.6 Å². The van der Waals surface area contributed by atoms with Crippen LogP contribution < -0.4 is 5.73 Å². The van der Waals surface area contributed by atoms with Crippen molar-refractivity contribution in [1.29, 1.82) is 0 Å². The molecule has 1 aromatic rings. The number of hydrogen-bond donors (Lipinski definition) is 1. The van der Waals surface area contributed by atoms with Crippen molar-refractivity contribution in [1.82, 2.24) is 4.90 Å². The molecule has 0 spiro atoms. The maximum absolute atomic E-state index is 13.3. The van der Waals surface area contributed by atoms with Crippen molar-refractivity contribution in [2.24, 2.45) is 5.73 Å². The molecule has 94 valence electrons. The van der Waals surface area contributed by atoms with Crippen LogP contribution in [0.2, 0.25) is 0 Å². The maximum Gasteiger partial charge on any atom is 0.227 e. The number of likely N-dealkylation sites (N-methyl/N-ethyl adjacent to an activating group) is 1. The van der Waals surface area contributed by atoms with E-state index >= 15 is 0 Å². The highest BCUT2D eigenvalue weighted by molar-refractivity contribution is 5.78. The first-order chi connectivity index (χ1) is 7.97. The smallest absolute Gasteiger partial charge is 0.227 e. The molecule has 0 radical (unpaired) electrons. The van der Waals surface area contributed by atoms with E-state index in [0.717, 1.165) is 6.07 Å². The summed E-state index contributed by atoms with van der Waals surface area (Å²) < 4.78 is 26.3. The average Bonchev–Trinajstić information content (AvgIpc) is 2.32. The van der Waals surface area contributed by atoms with Gasteiger partial charge in [-0.05, 0) is 13.0 Å². The first-order valence-electron chi connectivity index (χ1n) is 5.36. The number of benzene rings is 1. The summed E-state index contributed by atoms with van der Waals surface area (Å²) in [5.74, 6) is -2.19. The fourth-order valence-electron chi connectivity index (χ4n) is 1.38. The lowest BCUT2D eigenvalue weighted by molar-refractivity contribution is -0.130. The van der Waals surface area contributed by atoms with Crippen LogP contribution >= 0.6 is 0 Å². The van der Waals surface area contributed by atoms with Gasteiger partial charge >= 0.3 is 0 Å². The number of carbonyl (C=O) groups is 1. The number of nitrogens with two attached hydrogens (primary N) is 1. The Bertz CT molecular complexity index is 409. The average molecular weight is 242 g/mol. The van der Waals surface area contributed by atoms with Crippen LogP contribution in [0.25, 0.3) is 0 Å². The normalized spacial score (nSPS) is 12.3. The third-order valence-corrected chi connectivity index (χ3v) is 2.77. The van der Waals surface area contributed by atoms with E-state index in [2.05, 4.69) is 0 Å². The third kappa shape index (κ3) is 3.23. The van der Waals surface area contributed by atoms with Crippen molar-refractivity contribution in [3.05, 3.63) is 35.4 Å². The molecule has 1 rings (SSSR count).